The fourth-order valence-corrected chi connectivity index (χ4v) is 2.18. The van der Waals surface area contributed by atoms with Gasteiger partial charge in [0, 0.05) is 0 Å². The molecule has 0 radical (unpaired) electrons. The van der Waals surface area contributed by atoms with Crippen LogP contribution in [0.15, 0.2) is 0 Å². The number of hydrogen-bond acceptors (Lipinski definition) is 0. The van der Waals surface area contributed by atoms with Crippen molar-refractivity contribution in [1.82, 2.24) is 0 Å². The highest BCUT2D eigenvalue weighted by molar-refractivity contribution is 4.86. The second-order valence-electron chi connectivity index (χ2n) is 3.75. The molecule has 2 aliphatic rings. The highest BCUT2D eigenvalue weighted by atomic mass is 14.4. The summed E-state index contributed by atoms with van der Waals surface area (Å²) in [6, 6.07) is 0. The summed E-state index contributed by atoms with van der Waals surface area (Å²) in [5.41, 5.74) is 0. The van der Waals surface area contributed by atoms with Gasteiger partial charge in [-0.25, -0.2) is 0 Å². The Hall–Kier alpha value is 0. The van der Waals surface area contributed by atoms with Gasteiger partial charge in [-0.1, -0.05) is 38.5 Å². The third-order valence-electron chi connectivity index (χ3n) is 2.97. The van der Waals surface area contributed by atoms with E-state index >= 15 is 0 Å². The van der Waals surface area contributed by atoms with E-state index in [1.165, 1.54) is 37.5 Å². The number of fused-ring (bicyclic) bond motifs is 1. The maximum Gasteiger partial charge on any atom is -0.0383 e. The van der Waals surface area contributed by atoms with Gasteiger partial charge in [-0.05, 0) is 18.3 Å². The molecule has 2 aliphatic carbocycles. The van der Waals surface area contributed by atoms with Gasteiger partial charge < -0.3 is 0 Å². The van der Waals surface area contributed by atoms with Crippen LogP contribution in [0.4, 0.5) is 0 Å². The van der Waals surface area contributed by atoms with E-state index in [0.717, 1.165) is 0 Å². The van der Waals surface area contributed by atoms with Crippen molar-refractivity contribution in [2.75, 3.05) is 0 Å². The third kappa shape index (κ3) is 1.28. The van der Waals surface area contributed by atoms with E-state index in [4.69, 9.17) is 0 Å². The van der Waals surface area contributed by atoms with Crippen LogP contribution < -0.4 is 0 Å². The van der Waals surface area contributed by atoms with Crippen molar-refractivity contribution < 1.29 is 0 Å². The lowest BCUT2D eigenvalue weighted by molar-refractivity contribution is 0.485. The van der Waals surface area contributed by atoms with Crippen LogP contribution in [0.2, 0.25) is 0 Å². The highest BCUT2D eigenvalue weighted by Crippen LogP contribution is 2.46. The molecule has 0 unspecified atom stereocenters. The molecule has 0 N–H and O–H groups in total. The Balaban J connectivity index is 1.81. The van der Waals surface area contributed by atoms with Gasteiger partial charge in [0.15, 0.2) is 0 Å². The summed E-state index contributed by atoms with van der Waals surface area (Å²) in [5.74, 6) is 2.37. The summed E-state index contributed by atoms with van der Waals surface area (Å²) < 4.78 is 0. The van der Waals surface area contributed by atoms with E-state index < -0.39 is 0 Å². The average Bonchev–Trinajstić information content (AvgIpc) is 2.46. The van der Waals surface area contributed by atoms with Crippen LogP contribution in [0.5, 0.6) is 0 Å². The van der Waals surface area contributed by atoms with Crippen LogP contribution in [0, 0.1) is 11.8 Å². The van der Waals surface area contributed by atoms with E-state index in [-0.39, 0.29) is 0 Å². The first-order chi connectivity index (χ1) is 4.47. The molecule has 2 saturated carbocycles. The molecule has 0 aliphatic heterocycles. The van der Waals surface area contributed by atoms with Crippen molar-refractivity contribution in [3.63, 3.8) is 0 Å². The van der Waals surface area contributed by atoms with Gasteiger partial charge in [0.25, 0.3) is 0 Å². The van der Waals surface area contributed by atoms with Crippen molar-refractivity contribution in [2.24, 2.45) is 11.8 Å². The zero-order valence-corrected chi connectivity index (χ0v) is 6.10. The lowest BCUT2D eigenvalue weighted by Gasteiger charge is -2.05. The molecule has 0 aromatic heterocycles. The molecule has 0 saturated heterocycles. The molecule has 2 fully saturated rings. The van der Waals surface area contributed by atoms with Crippen LogP contribution >= 0.6 is 0 Å². The van der Waals surface area contributed by atoms with Crippen molar-refractivity contribution >= 4 is 0 Å². The minimum absolute atomic E-state index is 1.19. The molecule has 9 heavy (non-hydrogen) atoms. The molecule has 2 atom stereocenters. The molecular formula is C9H16. The van der Waals surface area contributed by atoms with Crippen LogP contribution in [0.3, 0.4) is 0 Å². The fraction of sp³-hybridized carbons (Fsp3) is 1.00. The van der Waals surface area contributed by atoms with Crippen LogP contribution in [-0.2, 0) is 0 Å². The molecule has 52 valence electrons. The Morgan fingerprint density at radius 2 is 1.22 bits per heavy atom. The van der Waals surface area contributed by atoms with Crippen molar-refractivity contribution in [2.45, 2.75) is 44.9 Å². The van der Waals surface area contributed by atoms with Gasteiger partial charge in [0.2, 0.25) is 0 Å². The maximum atomic E-state index is 1.58. The molecule has 2 rings (SSSR count). The monoisotopic (exact) mass is 124 g/mol. The second-order valence-corrected chi connectivity index (χ2v) is 3.75. The molecule has 0 nitrogen and oxygen atoms in total. The largest absolute Gasteiger partial charge is 0.0533 e. The minimum Gasteiger partial charge on any atom is -0.0533 e. The highest BCUT2D eigenvalue weighted by Gasteiger charge is 2.35. The van der Waals surface area contributed by atoms with E-state index in [0.29, 0.717) is 0 Å². The molecule has 0 heterocycles. The maximum absolute atomic E-state index is 1.58. The normalized spacial score (nSPS) is 42.7. The van der Waals surface area contributed by atoms with Gasteiger partial charge >= 0.3 is 0 Å². The van der Waals surface area contributed by atoms with Gasteiger partial charge in [-0.2, -0.15) is 0 Å². The third-order valence-corrected chi connectivity index (χ3v) is 2.97. The summed E-state index contributed by atoms with van der Waals surface area (Å²) in [4.78, 5) is 0. The number of rotatable bonds is 0. The van der Waals surface area contributed by atoms with E-state index in [1.807, 2.05) is 0 Å². The lowest BCUT2D eigenvalue weighted by atomic mass is 10.0. The Morgan fingerprint density at radius 3 is 1.78 bits per heavy atom. The van der Waals surface area contributed by atoms with Crippen molar-refractivity contribution in [1.29, 1.82) is 0 Å². The second kappa shape index (κ2) is 2.32. The Morgan fingerprint density at radius 1 is 0.667 bits per heavy atom. The molecule has 0 aromatic rings. The fourth-order valence-electron chi connectivity index (χ4n) is 2.18. The summed E-state index contributed by atoms with van der Waals surface area (Å²) in [6.07, 6.45) is 10.8. The smallest absolute Gasteiger partial charge is 0.0383 e. The van der Waals surface area contributed by atoms with Gasteiger partial charge in [-0.3, -0.25) is 0 Å². The first kappa shape index (κ1) is 5.76. The Labute approximate surface area is 57.6 Å². The Bertz CT molecular complexity index is 84.2. The molecule has 0 bridgehead atoms. The van der Waals surface area contributed by atoms with E-state index in [1.54, 1.807) is 19.3 Å². The lowest BCUT2D eigenvalue weighted by Crippen LogP contribution is -1.90. The van der Waals surface area contributed by atoms with Crippen LogP contribution in [0.25, 0.3) is 0 Å². The molecule has 0 aromatic carbocycles. The first-order valence-electron chi connectivity index (χ1n) is 4.47. The summed E-state index contributed by atoms with van der Waals surface area (Å²) in [5, 5.41) is 0. The Kier molecular flexibility index (Phi) is 1.48. The van der Waals surface area contributed by atoms with Crippen LogP contribution in [-0.4, -0.2) is 0 Å². The van der Waals surface area contributed by atoms with Crippen molar-refractivity contribution in [3.05, 3.63) is 0 Å². The molecule has 0 spiro atoms. The number of hydrogen-bond donors (Lipinski definition) is 0. The standard InChI is InChI=1S/C9H16/c1-2-4-6-9-7-8(9)5-3-1/h8-9H,1-7H2/t8-,9-/m0/s1. The predicted molar refractivity (Wildman–Crippen MR) is 39.3 cm³/mol. The summed E-state index contributed by atoms with van der Waals surface area (Å²) >= 11 is 0. The predicted octanol–water partition coefficient (Wildman–Crippen LogP) is 2.98. The summed E-state index contributed by atoms with van der Waals surface area (Å²) in [7, 11) is 0. The van der Waals surface area contributed by atoms with E-state index in [2.05, 4.69) is 0 Å². The minimum atomic E-state index is 1.19. The zero-order valence-electron chi connectivity index (χ0n) is 6.10. The average molecular weight is 124 g/mol. The van der Waals surface area contributed by atoms with Crippen molar-refractivity contribution in [3.8, 4) is 0 Å². The SMILES string of the molecule is C1CCC[C@H]2C[C@@H]2CC1. The molecule has 0 amide bonds. The van der Waals surface area contributed by atoms with E-state index in [9.17, 15) is 0 Å². The first-order valence-corrected chi connectivity index (χ1v) is 4.47. The molecule has 0 heteroatoms. The summed E-state index contributed by atoms with van der Waals surface area (Å²) in [6.45, 7) is 0. The molecular weight excluding hydrogens is 108 g/mol. The van der Waals surface area contributed by atoms with Gasteiger partial charge in [-0.15, -0.1) is 0 Å². The zero-order chi connectivity index (χ0) is 6.10. The van der Waals surface area contributed by atoms with Gasteiger partial charge in [0.1, 0.15) is 0 Å². The topological polar surface area (TPSA) is 0 Å². The quantitative estimate of drug-likeness (QED) is 0.465. The van der Waals surface area contributed by atoms with Crippen LogP contribution in [0.1, 0.15) is 44.9 Å². The van der Waals surface area contributed by atoms with Gasteiger partial charge in [0.05, 0.1) is 0 Å².